The van der Waals surface area contributed by atoms with E-state index in [0.29, 0.717) is 52.9 Å². The fraction of sp³-hybridized carbons (Fsp3) is 0.286. The van der Waals surface area contributed by atoms with Crippen molar-refractivity contribution in [3.05, 3.63) is 69.3 Å². The number of rotatable bonds is 4. The van der Waals surface area contributed by atoms with Crippen LogP contribution in [-0.2, 0) is 13.0 Å². The summed E-state index contributed by atoms with van der Waals surface area (Å²) in [6.45, 7) is 4.09. The molecule has 4 rings (SSSR count). The number of halogens is 1. The number of fused-ring (bicyclic) bond motifs is 1. The van der Waals surface area contributed by atoms with E-state index in [0.717, 1.165) is 17.5 Å². The zero-order valence-electron chi connectivity index (χ0n) is 15.7. The third-order valence-corrected chi connectivity index (χ3v) is 5.22. The Kier molecular flexibility index (Phi) is 4.81. The van der Waals surface area contributed by atoms with E-state index in [1.54, 1.807) is 17.8 Å². The van der Waals surface area contributed by atoms with E-state index in [1.165, 1.54) is 0 Å². The molecule has 0 unspecified atom stereocenters. The number of furan rings is 1. The Morgan fingerprint density at radius 1 is 1.25 bits per heavy atom. The monoisotopic (exact) mass is 397 g/mol. The number of amides is 1. The molecule has 0 saturated heterocycles. The lowest BCUT2D eigenvalue weighted by Crippen LogP contribution is -2.21. The Bertz CT molecular complexity index is 1060. The zero-order chi connectivity index (χ0) is 19.8. The van der Waals surface area contributed by atoms with Crippen LogP contribution >= 0.6 is 11.6 Å². The topological polar surface area (TPSA) is 77.1 Å². The number of benzene rings is 1. The Hall–Kier alpha value is -2.86. The van der Waals surface area contributed by atoms with Crippen LogP contribution in [0, 0.1) is 13.8 Å². The SMILES string of the molecule is Cc1cnn(Cc2ccc(Cl)cc2)c1NC(=O)c1c(C)oc2c1C(=O)CCC2. The first-order valence-electron chi connectivity index (χ1n) is 9.17. The second-order valence-electron chi connectivity index (χ2n) is 7.02. The molecular weight excluding hydrogens is 378 g/mol. The number of hydrogen-bond acceptors (Lipinski definition) is 4. The van der Waals surface area contributed by atoms with Crippen LogP contribution < -0.4 is 5.32 Å². The largest absolute Gasteiger partial charge is 0.465 e. The maximum Gasteiger partial charge on any atom is 0.261 e. The normalized spacial score (nSPS) is 13.5. The van der Waals surface area contributed by atoms with Gasteiger partial charge < -0.3 is 9.73 Å². The molecule has 2 heterocycles. The number of Topliss-reactive ketones (excluding diaryl/α,β-unsaturated/α-hetero) is 1. The first kappa shape index (κ1) is 18.5. The van der Waals surface area contributed by atoms with Gasteiger partial charge in [-0.2, -0.15) is 5.10 Å². The van der Waals surface area contributed by atoms with Crippen LogP contribution in [0.5, 0.6) is 0 Å². The first-order valence-corrected chi connectivity index (χ1v) is 9.55. The van der Waals surface area contributed by atoms with Crippen molar-refractivity contribution in [1.82, 2.24) is 9.78 Å². The summed E-state index contributed by atoms with van der Waals surface area (Å²) in [6, 6.07) is 7.47. The molecule has 3 aromatic rings. The molecule has 2 aromatic heterocycles. The van der Waals surface area contributed by atoms with Gasteiger partial charge in [0.2, 0.25) is 0 Å². The van der Waals surface area contributed by atoms with Gasteiger partial charge in [-0.3, -0.25) is 9.59 Å². The minimum atomic E-state index is -0.348. The summed E-state index contributed by atoms with van der Waals surface area (Å²) in [5.74, 6) is 1.30. The van der Waals surface area contributed by atoms with Crippen molar-refractivity contribution in [2.24, 2.45) is 0 Å². The van der Waals surface area contributed by atoms with Gasteiger partial charge in [0, 0.05) is 23.4 Å². The van der Waals surface area contributed by atoms with E-state index < -0.39 is 0 Å². The van der Waals surface area contributed by atoms with Crippen LogP contribution in [0.2, 0.25) is 5.02 Å². The molecule has 1 aromatic carbocycles. The van der Waals surface area contributed by atoms with Crippen LogP contribution in [0.15, 0.2) is 34.9 Å². The average Bonchev–Trinajstić information content (AvgIpc) is 3.18. The highest BCUT2D eigenvalue weighted by Crippen LogP contribution is 2.30. The number of nitrogens with zero attached hydrogens (tertiary/aromatic N) is 2. The molecule has 0 radical (unpaired) electrons. The van der Waals surface area contributed by atoms with Gasteiger partial charge in [0.1, 0.15) is 17.3 Å². The predicted octanol–water partition coefficient (Wildman–Crippen LogP) is 4.57. The van der Waals surface area contributed by atoms with E-state index >= 15 is 0 Å². The van der Waals surface area contributed by atoms with Crippen molar-refractivity contribution < 1.29 is 14.0 Å². The Morgan fingerprint density at radius 2 is 2.00 bits per heavy atom. The summed E-state index contributed by atoms with van der Waals surface area (Å²) >= 11 is 5.94. The number of carbonyl (C=O) groups excluding carboxylic acids is 2. The van der Waals surface area contributed by atoms with Gasteiger partial charge >= 0.3 is 0 Å². The molecule has 144 valence electrons. The highest BCUT2D eigenvalue weighted by atomic mass is 35.5. The average molecular weight is 398 g/mol. The van der Waals surface area contributed by atoms with Gasteiger partial charge in [-0.25, -0.2) is 4.68 Å². The van der Waals surface area contributed by atoms with Crippen molar-refractivity contribution in [1.29, 1.82) is 0 Å². The van der Waals surface area contributed by atoms with Gasteiger partial charge in [-0.05, 0) is 38.0 Å². The molecular formula is C21H20ClN3O3. The maximum atomic E-state index is 13.0. The summed E-state index contributed by atoms with van der Waals surface area (Å²) in [5, 5.41) is 7.96. The van der Waals surface area contributed by atoms with Crippen molar-refractivity contribution >= 4 is 29.1 Å². The van der Waals surface area contributed by atoms with Gasteiger partial charge in [0.25, 0.3) is 5.91 Å². The molecule has 0 bridgehead atoms. The molecule has 1 N–H and O–H groups in total. The molecule has 1 aliphatic carbocycles. The number of carbonyl (C=O) groups is 2. The summed E-state index contributed by atoms with van der Waals surface area (Å²) < 4.78 is 7.42. The van der Waals surface area contributed by atoms with Crippen LogP contribution in [0.4, 0.5) is 5.82 Å². The third-order valence-electron chi connectivity index (χ3n) is 4.97. The second kappa shape index (κ2) is 7.28. The number of nitrogens with one attached hydrogen (secondary N) is 1. The fourth-order valence-electron chi connectivity index (χ4n) is 3.58. The first-order chi connectivity index (χ1) is 13.4. The predicted molar refractivity (Wildman–Crippen MR) is 106 cm³/mol. The van der Waals surface area contributed by atoms with E-state index in [2.05, 4.69) is 10.4 Å². The summed E-state index contributed by atoms with van der Waals surface area (Å²) in [6.07, 6.45) is 3.59. The molecule has 1 aliphatic rings. The molecule has 0 aliphatic heterocycles. The molecule has 1 amide bonds. The van der Waals surface area contributed by atoms with Gasteiger partial charge in [-0.1, -0.05) is 23.7 Å². The lowest BCUT2D eigenvalue weighted by Gasteiger charge is -2.12. The Balaban J connectivity index is 1.63. The van der Waals surface area contributed by atoms with E-state index in [1.807, 2.05) is 31.2 Å². The van der Waals surface area contributed by atoms with Crippen LogP contribution in [0.25, 0.3) is 0 Å². The second-order valence-corrected chi connectivity index (χ2v) is 7.46. The van der Waals surface area contributed by atoms with Gasteiger partial charge in [0.15, 0.2) is 5.78 Å². The molecule has 28 heavy (non-hydrogen) atoms. The lowest BCUT2D eigenvalue weighted by atomic mass is 9.93. The number of aryl methyl sites for hydroxylation is 3. The summed E-state index contributed by atoms with van der Waals surface area (Å²) in [4.78, 5) is 25.4. The number of ketones is 1. The molecule has 0 atom stereocenters. The van der Waals surface area contributed by atoms with Crippen molar-refractivity contribution in [2.75, 3.05) is 5.32 Å². The minimum Gasteiger partial charge on any atom is -0.465 e. The molecule has 0 spiro atoms. The Labute approximate surface area is 167 Å². The minimum absolute atomic E-state index is 0.0327. The standard InChI is InChI=1S/C21H20ClN3O3/c1-12-10-23-25(11-14-6-8-15(22)9-7-14)20(12)24-21(27)18-13(2)28-17-5-3-4-16(26)19(17)18/h6-10H,3-5,11H2,1-2H3,(H,24,27). The van der Waals surface area contributed by atoms with Gasteiger partial charge in [0.05, 0.1) is 23.9 Å². The number of anilines is 1. The smallest absolute Gasteiger partial charge is 0.261 e. The third kappa shape index (κ3) is 3.36. The molecule has 0 saturated carbocycles. The van der Waals surface area contributed by atoms with Crippen LogP contribution in [-0.4, -0.2) is 21.5 Å². The highest BCUT2D eigenvalue weighted by Gasteiger charge is 2.31. The molecule has 6 nitrogen and oxygen atoms in total. The number of aromatic nitrogens is 2. The van der Waals surface area contributed by atoms with E-state index in [4.69, 9.17) is 16.0 Å². The quantitative estimate of drug-likeness (QED) is 0.699. The maximum absolute atomic E-state index is 13.0. The van der Waals surface area contributed by atoms with Gasteiger partial charge in [-0.15, -0.1) is 0 Å². The highest BCUT2D eigenvalue weighted by molar-refractivity contribution is 6.30. The fourth-order valence-corrected chi connectivity index (χ4v) is 3.70. The summed E-state index contributed by atoms with van der Waals surface area (Å²) in [5.41, 5.74) is 2.61. The van der Waals surface area contributed by atoms with Crippen molar-refractivity contribution in [3.63, 3.8) is 0 Å². The summed E-state index contributed by atoms with van der Waals surface area (Å²) in [7, 11) is 0. The lowest BCUT2D eigenvalue weighted by molar-refractivity contribution is 0.0955. The van der Waals surface area contributed by atoms with E-state index in [-0.39, 0.29) is 11.7 Å². The Morgan fingerprint density at radius 3 is 2.75 bits per heavy atom. The molecule has 0 fully saturated rings. The van der Waals surface area contributed by atoms with Crippen molar-refractivity contribution in [2.45, 2.75) is 39.7 Å². The van der Waals surface area contributed by atoms with Crippen LogP contribution in [0.1, 0.15) is 56.2 Å². The zero-order valence-corrected chi connectivity index (χ0v) is 16.5. The van der Waals surface area contributed by atoms with Crippen molar-refractivity contribution in [3.8, 4) is 0 Å². The van der Waals surface area contributed by atoms with Crippen LogP contribution in [0.3, 0.4) is 0 Å². The number of hydrogen-bond donors (Lipinski definition) is 1. The van der Waals surface area contributed by atoms with E-state index in [9.17, 15) is 9.59 Å². The molecule has 7 heteroatoms.